The van der Waals surface area contributed by atoms with Crippen LogP contribution < -0.4 is 11.1 Å². The molecule has 2 unspecified atom stereocenters. The molecule has 1 saturated carbocycles. The van der Waals surface area contributed by atoms with E-state index < -0.39 is 11.9 Å². The molecule has 0 aliphatic heterocycles. The standard InChI is InChI=1S/C25H30ClN7O3/c1-13-7-9-16(10-8-13)12-33-20-19(17-5-4-6-18(26)11-17)28-22(23-31-25(35)36-32-23)29-21(20)30-24(33)27-14(2)15(3)34/h4-6,11,13-16,34H,7-10,12H2,1-3H3,(H,31,32,35)(H,27,28,29,30). The van der Waals surface area contributed by atoms with Crippen molar-refractivity contribution in [1.82, 2.24) is 29.7 Å². The van der Waals surface area contributed by atoms with Gasteiger partial charge >= 0.3 is 5.76 Å². The van der Waals surface area contributed by atoms with E-state index in [0.29, 0.717) is 28.2 Å². The molecule has 1 aliphatic rings. The number of hydrogen-bond acceptors (Lipinski definition) is 8. The molecular formula is C25H30ClN7O3. The number of halogens is 1. The van der Waals surface area contributed by atoms with Gasteiger partial charge in [0, 0.05) is 17.1 Å². The van der Waals surface area contributed by atoms with E-state index in [2.05, 4.69) is 36.5 Å². The van der Waals surface area contributed by atoms with Gasteiger partial charge in [-0.3, -0.25) is 9.51 Å². The van der Waals surface area contributed by atoms with E-state index in [9.17, 15) is 9.90 Å². The first-order valence-corrected chi connectivity index (χ1v) is 12.7. The minimum Gasteiger partial charge on any atom is -0.391 e. The minimum absolute atomic E-state index is 0.118. The molecule has 2 atom stereocenters. The molecular weight excluding hydrogens is 482 g/mol. The fourth-order valence-corrected chi connectivity index (χ4v) is 4.88. The Morgan fingerprint density at radius 1 is 1.22 bits per heavy atom. The van der Waals surface area contributed by atoms with Crippen molar-refractivity contribution in [2.24, 2.45) is 11.8 Å². The first-order valence-electron chi connectivity index (χ1n) is 12.3. The quantitative estimate of drug-likeness (QED) is 0.330. The molecule has 1 fully saturated rings. The number of imidazole rings is 1. The first kappa shape index (κ1) is 24.5. The fraction of sp³-hybridized carbons (Fsp3) is 0.480. The van der Waals surface area contributed by atoms with Gasteiger partial charge in [-0.25, -0.2) is 14.8 Å². The van der Waals surface area contributed by atoms with Gasteiger partial charge in [-0.05, 0) is 50.7 Å². The molecule has 4 aromatic rings. The Morgan fingerprint density at radius 3 is 2.67 bits per heavy atom. The molecule has 0 saturated heterocycles. The molecule has 10 nitrogen and oxygen atoms in total. The molecule has 3 heterocycles. The van der Waals surface area contributed by atoms with E-state index in [1.807, 2.05) is 25.1 Å². The number of H-pyrrole nitrogens is 1. The molecule has 190 valence electrons. The second kappa shape index (κ2) is 10.0. The number of rotatable bonds is 7. The Balaban J connectivity index is 1.71. The SMILES string of the molecule is CC1CCC(Cn2c(NC(C)C(C)O)nc3nc(-c4noc(=O)[nH]4)nc(-c4cccc(Cl)c4)c32)CC1. The predicted octanol–water partition coefficient (Wildman–Crippen LogP) is 4.50. The number of hydrogen-bond donors (Lipinski definition) is 3. The summed E-state index contributed by atoms with van der Waals surface area (Å²) < 4.78 is 6.81. The lowest BCUT2D eigenvalue weighted by Crippen LogP contribution is -2.30. The molecule has 1 aromatic carbocycles. The van der Waals surface area contributed by atoms with Gasteiger partial charge in [0.05, 0.1) is 12.1 Å². The third kappa shape index (κ3) is 5.01. The zero-order chi connectivity index (χ0) is 25.4. The van der Waals surface area contributed by atoms with Crippen molar-refractivity contribution in [3.8, 4) is 22.9 Å². The van der Waals surface area contributed by atoms with Gasteiger partial charge in [0.2, 0.25) is 17.6 Å². The number of benzene rings is 1. The predicted molar refractivity (Wildman–Crippen MR) is 138 cm³/mol. The molecule has 0 bridgehead atoms. The highest BCUT2D eigenvalue weighted by Crippen LogP contribution is 2.35. The first-order chi connectivity index (χ1) is 17.3. The van der Waals surface area contributed by atoms with E-state index in [0.717, 1.165) is 36.4 Å². The van der Waals surface area contributed by atoms with Gasteiger partial charge in [-0.1, -0.05) is 48.7 Å². The van der Waals surface area contributed by atoms with E-state index >= 15 is 0 Å². The van der Waals surface area contributed by atoms with Crippen molar-refractivity contribution in [2.45, 2.75) is 65.1 Å². The van der Waals surface area contributed by atoms with E-state index in [4.69, 9.17) is 21.6 Å². The number of fused-ring (bicyclic) bond motifs is 1. The smallest absolute Gasteiger partial charge is 0.391 e. The van der Waals surface area contributed by atoms with E-state index in [-0.39, 0.29) is 17.7 Å². The Morgan fingerprint density at radius 2 is 2.00 bits per heavy atom. The number of aliphatic hydroxyl groups is 1. The largest absolute Gasteiger partial charge is 0.439 e. The average Bonchev–Trinajstić information content (AvgIpc) is 3.43. The molecule has 36 heavy (non-hydrogen) atoms. The fourth-order valence-electron chi connectivity index (χ4n) is 4.69. The molecule has 5 rings (SSSR count). The number of aromatic amines is 1. The highest BCUT2D eigenvalue weighted by atomic mass is 35.5. The Hall–Kier alpha value is -3.24. The van der Waals surface area contributed by atoms with Gasteiger partial charge in [-0.15, -0.1) is 0 Å². The van der Waals surface area contributed by atoms with Crippen LogP contribution in [-0.4, -0.2) is 46.9 Å². The van der Waals surface area contributed by atoms with Crippen molar-refractivity contribution < 1.29 is 9.63 Å². The summed E-state index contributed by atoms with van der Waals surface area (Å²) in [7, 11) is 0. The van der Waals surface area contributed by atoms with E-state index in [1.54, 1.807) is 13.0 Å². The van der Waals surface area contributed by atoms with Gasteiger partial charge in [-0.2, -0.15) is 4.98 Å². The van der Waals surface area contributed by atoms with Crippen molar-refractivity contribution in [1.29, 1.82) is 0 Å². The highest BCUT2D eigenvalue weighted by molar-refractivity contribution is 6.30. The second-order valence-electron chi connectivity index (χ2n) is 9.87. The zero-order valence-corrected chi connectivity index (χ0v) is 21.3. The maximum atomic E-state index is 11.6. The molecule has 3 aromatic heterocycles. The maximum absolute atomic E-state index is 11.6. The van der Waals surface area contributed by atoms with Crippen molar-refractivity contribution in [3.05, 3.63) is 39.8 Å². The molecule has 3 N–H and O–H groups in total. The summed E-state index contributed by atoms with van der Waals surface area (Å²) in [6, 6.07) is 7.19. The summed E-state index contributed by atoms with van der Waals surface area (Å²) in [5, 5.41) is 17.9. The summed E-state index contributed by atoms with van der Waals surface area (Å²) in [6.07, 6.45) is 4.09. The lowest BCUT2D eigenvalue weighted by molar-refractivity contribution is 0.177. The second-order valence-corrected chi connectivity index (χ2v) is 10.3. The Labute approximate surface area is 213 Å². The van der Waals surface area contributed by atoms with Crippen LogP contribution in [-0.2, 0) is 6.54 Å². The van der Waals surface area contributed by atoms with Crippen molar-refractivity contribution in [2.75, 3.05) is 5.32 Å². The maximum Gasteiger partial charge on any atom is 0.439 e. The number of aliphatic hydroxyl groups excluding tert-OH is 1. The van der Waals surface area contributed by atoms with Crippen LogP contribution in [0.3, 0.4) is 0 Å². The molecule has 0 amide bonds. The van der Waals surface area contributed by atoms with Crippen LogP contribution in [0.1, 0.15) is 46.5 Å². The summed E-state index contributed by atoms with van der Waals surface area (Å²) >= 11 is 6.34. The lowest BCUT2D eigenvalue weighted by Gasteiger charge is -2.28. The molecule has 1 aliphatic carbocycles. The highest BCUT2D eigenvalue weighted by Gasteiger charge is 2.26. The minimum atomic E-state index is -0.692. The topological polar surface area (TPSA) is 135 Å². The molecule has 0 radical (unpaired) electrons. The van der Waals surface area contributed by atoms with Crippen LogP contribution in [0.5, 0.6) is 0 Å². The van der Waals surface area contributed by atoms with E-state index in [1.165, 1.54) is 12.8 Å². The third-order valence-electron chi connectivity index (χ3n) is 7.01. The van der Waals surface area contributed by atoms with Crippen LogP contribution in [0, 0.1) is 11.8 Å². The van der Waals surface area contributed by atoms with Gasteiger partial charge in [0.1, 0.15) is 11.2 Å². The summed E-state index contributed by atoms with van der Waals surface area (Å²) in [4.78, 5) is 28.4. The lowest BCUT2D eigenvalue weighted by atomic mass is 9.83. The number of nitrogens with zero attached hydrogens (tertiary/aromatic N) is 5. The van der Waals surface area contributed by atoms with Crippen LogP contribution in [0.4, 0.5) is 5.95 Å². The third-order valence-corrected chi connectivity index (χ3v) is 7.24. The number of aromatic nitrogens is 6. The Kier molecular flexibility index (Phi) is 6.81. The number of nitrogens with one attached hydrogen (secondary N) is 2. The Bertz CT molecular complexity index is 1420. The van der Waals surface area contributed by atoms with Crippen molar-refractivity contribution in [3.63, 3.8) is 0 Å². The van der Waals surface area contributed by atoms with Gasteiger partial charge in [0.25, 0.3) is 0 Å². The number of anilines is 1. The van der Waals surface area contributed by atoms with Crippen LogP contribution >= 0.6 is 11.6 Å². The summed E-state index contributed by atoms with van der Waals surface area (Å²) in [5.74, 6) is 1.46. The average molecular weight is 512 g/mol. The molecule has 0 spiro atoms. The summed E-state index contributed by atoms with van der Waals surface area (Å²) in [5.41, 5.74) is 2.61. The van der Waals surface area contributed by atoms with Crippen LogP contribution in [0.25, 0.3) is 34.1 Å². The monoisotopic (exact) mass is 511 g/mol. The van der Waals surface area contributed by atoms with Crippen molar-refractivity contribution >= 4 is 28.7 Å². The summed E-state index contributed by atoms with van der Waals surface area (Å²) in [6.45, 7) is 6.70. The normalized spacial score (nSPS) is 19.9. The van der Waals surface area contributed by atoms with Crippen LogP contribution in [0.15, 0.2) is 33.6 Å². The van der Waals surface area contributed by atoms with Gasteiger partial charge in [0.15, 0.2) is 5.65 Å². The zero-order valence-electron chi connectivity index (χ0n) is 20.5. The van der Waals surface area contributed by atoms with Crippen LogP contribution in [0.2, 0.25) is 5.02 Å². The van der Waals surface area contributed by atoms with Gasteiger partial charge < -0.3 is 15.0 Å². The molecule has 11 heteroatoms.